The molecule has 0 amide bonds. The molecular formula is C15H30F3N3. The molecule has 0 aromatic carbocycles. The van der Waals surface area contributed by atoms with E-state index in [9.17, 15) is 13.2 Å². The Morgan fingerprint density at radius 1 is 0.857 bits per heavy atom. The molecule has 0 aromatic heterocycles. The topological polar surface area (TPSA) is 32.5 Å². The number of nitrogens with two attached hydrogens (primary N) is 1. The summed E-state index contributed by atoms with van der Waals surface area (Å²) in [5.41, 5.74) is 5.69. The van der Waals surface area contributed by atoms with Crippen LogP contribution >= 0.6 is 0 Å². The highest BCUT2D eigenvalue weighted by Crippen LogP contribution is 2.28. The maximum absolute atomic E-state index is 12.3. The van der Waals surface area contributed by atoms with Gasteiger partial charge in [0.15, 0.2) is 0 Å². The van der Waals surface area contributed by atoms with Crippen molar-refractivity contribution in [3.8, 4) is 0 Å². The smallest absolute Gasteiger partial charge is 0.329 e. The lowest BCUT2D eigenvalue weighted by Gasteiger charge is -2.48. The van der Waals surface area contributed by atoms with Gasteiger partial charge in [-0.25, -0.2) is 0 Å². The Kier molecular flexibility index (Phi) is 6.09. The van der Waals surface area contributed by atoms with Crippen LogP contribution in [0.5, 0.6) is 0 Å². The van der Waals surface area contributed by atoms with Crippen molar-refractivity contribution in [1.29, 1.82) is 0 Å². The predicted octanol–water partition coefficient (Wildman–Crippen LogP) is 2.85. The first-order chi connectivity index (χ1) is 9.48. The second kappa shape index (κ2) is 6.84. The quantitative estimate of drug-likeness (QED) is 0.847. The first-order valence-corrected chi connectivity index (χ1v) is 7.75. The van der Waals surface area contributed by atoms with Crippen LogP contribution in [0.15, 0.2) is 0 Å². The summed E-state index contributed by atoms with van der Waals surface area (Å²) in [5, 5.41) is 0. The van der Waals surface area contributed by atoms with E-state index in [0.717, 1.165) is 26.2 Å². The lowest BCUT2D eigenvalue weighted by molar-refractivity contribution is -0.137. The monoisotopic (exact) mass is 309 g/mol. The Hall–Kier alpha value is -0.330. The van der Waals surface area contributed by atoms with Gasteiger partial charge in [-0.2, -0.15) is 13.2 Å². The first kappa shape index (κ1) is 18.7. The van der Waals surface area contributed by atoms with Gasteiger partial charge in [0.25, 0.3) is 0 Å². The molecule has 1 fully saturated rings. The Balaban J connectivity index is 2.53. The van der Waals surface area contributed by atoms with Crippen LogP contribution in [-0.4, -0.2) is 59.8 Å². The third-order valence-corrected chi connectivity index (χ3v) is 4.61. The van der Waals surface area contributed by atoms with E-state index < -0.39 is 12.6 Å². The summed E-state index contributed by atoms with van der Waals surface area (Å²) in [6.07, 6.45) is -4.14. The van der Waals surface area contributed by atoms with Gasteiger partial charge in [-0.3, -0.25) is 9.80 Å². The molecule has 0 aliphatic carbocycles. The van der Waals surface area contributed by atoms with Crippen LogP contribution in [0.3, 0.4) is 0 Å². The Bertz CT molecular complexity index is 317. The number of piperazine rings is 1. The molecule has 6 heteroatoms. The van der Waals surface area contributed by atoms with E-state index >= 15 is 0 Å². The number of hydrogen-bond acceptors (Lipinski definition) is 3. The number of nitrogens with zero attached hydrogens (tertiary/aromatic N) is 2. The molecule has 126 valence electrons. The van der Waals surface area contributed by atoms with Gasteiger partial charge in [-0.15, -0.1) is 0 Å². The largest absolute Gasteiger partial charge is 0.389 e. The molecule has 0 saturated carbocycles. The van der Waals surface area contributed by atoms with E-state index in [1.54, 1.807) is 0 Å². The summed E-state index contributed by atoms with van der Waals surface area (Å²) in [5.74, 6) is 0. The lowest BCUT2D eigenvalue weighted by atomic mass is 9.91. The average molecular weight is 309 g/mol. The molecule has 0 aromatic rings. The summed E-state index contributed by atoms with van der Waals surface area (Å²) in [4.78, 5) is 4.68. The number of alkyl halides is 3. The third kappa shape index (κ3) is 5.75. The summed E-state index contributed by atoms with van der Waals surface area (Å²) < 4.78 is 36.9. The van der Waals surface area contributed by atoms with Crippen molar-refractivity contribution in [2.24, 2.45) is 5.73 Å². The van der Waals surface area contributed by atoms with Gasteiger partial charge in [-0.05, 0) is 40.5 Å². The SMILES string of the molecule is CC(C)(C)N1CCN(C(C)(CN)CCCC(F)(F)F)CC1. The van der Waals surface area contributed by atoms with Crippen molar-refractivity contribution in [1.82, 2.24) is 9.80 Å². The van der Waals surface area contributed by atoms with Gasteiger partial charge in [0.1, 0.15) is 0 Å². The highest BCUT2D eigenvalue weighted by Gasteiger charge is 2.36. The van der Waals surface area contributed by atoms with Gasteiger partial charge in [0.05, 0.1) is 0 Å². The molecule has 0 spiro atoms. The number of halogens is 3. The molecule has 1 saturated heterocycles. The fraction of sp³-hybridized carbons (Fsp3) is 1.00. The molecular weight excluding hydrogens is 279 g/mol. The second-order valence-electron chi connectivity index (χ2n) is 7.31. The van der Waals surface area contributed by atoms with Gasteiger partial charge < -0.3 is 5.73 Å². The molecule has 21 heavy (non-hydrogen) atoms. The highest BCUT2D eigenvalue weighted by molar-refractivity contribution is 4.92. The maximum Gasteiger partial charge on any atom is 0.389 e. The molecule has 1 aliphatic rings. The van der Waals surface area contributed by atoms with Crippen LogP contribution in [0.2, 0.25) is 0 Å². The van der Waals surface area contributed by atoms with E-state index in [0.29, 0.717) is 13.0 Å². The molecule has 1 unspecified atom stereocenters. The normalized spacial score (nSPS) is 22.3. The lowest BCUT2D eigenvalue weighted by Crippen LogP contribution is -2.61. The van der Waals surface area contributed by atoms with Crippen molar-refractivity contribution in [2.75, 3.05) is 32.7 Å². The summed E-state index contributed by atoms with van der Waals surface area (Å²) in [6.45, 7) is 12.6. The zero-order chi connectivity index (χ0) is 16.3. The number of hydrogen-bond donors (Lipinski definition) is 1. The van der Waals surface area contributed by atoms with Crippen LogP contribution in [-0.2, 0) is 0 Å². The second-order valence-corrected chi connectivity index (χ2v) is 7.31. The first-order valence-electron chi connectivity index (χ1n) is 7.75. The zero-order valence-electron chi connectivity index (χ0n) is 13.8. The maximum atomic E-state index is 12.3. The van der Waals surface area contributed by atoms with Gasteiger partial charge in [0.2, 0.25) is 0 Å². The molecule has 1 atom stereocenters. The molecule has 2 N–H and O–H groups in total. The summed E-state index contributed by atoms with van der Waals surface area (Å²) in [7, 11) is 0. The van der Waals surface area contributed by atoms with Crippen molar-refractivity contribution in [3.05, 3.63) is 0 Å². The molecule has 3 nitrogen and oxygen atoms in total. The van der Waals surface area contributed by atoms with E-state index in [-0.39, 0.29) is 17.5 Å². The van der Waals surface area contributed by atoms with Crippen LogP contribution in [0.25, 0.3) is 0 Å². The standard InChI is InChI=1S/C15H30F3N3/c1-13(2,3)20-8-10-21(11-9-20)14(4,12-19)6-5-7-15(16,17)18/h5-12,19H2,1-4H3. The van der Waals surface area contributed by atoms with Gasteiger partial charge in [0, 0.05) is 50.2 Å². The van der Waals surface area contributed by atoms with Crippen LogP contribution in [0.1, 0.15) is 47.0 Å². The van der Waals surface area contributed by atoms with Crippen molar-refractivity contribution < 1.29 is 13.2 Å². The van der Waals surface area contributed by atoms with E-state index in [2.05, 4.69) is 30.6 Å². The Labute approximate surface area is 126 Å². The van der Waals surface area contributed by atoms with Crippen LogP contribution in [0.4, 0.5) is 13.2 Å². The van der Waals surface area contributed by atoms with Crippen molar-refractivity contribution in [2.45, 2.75) is 64.2 Å². The molecule has 1 aliphatic heterocycles. The highest BCUT2D eigenvalue weighted by atomic mass is 19.4. The predicted molar refractivity (Wildman–Crippen MR) is 80.3 cm³/mol. The van der Waals surface area contributed by atoms with E-state index in [4.69, 9.17) is 5.73 Å². The third-order valence-electron chi connectivity index (χ3n) is 4.61. The Morgan fingerprint density at radius 3 is 1.71 bits per heavy atom. The minimum Gasteiger partial charge on any atom is -0.329 e. The average Bonchev–Trinajstić information content (AvgIpc) is 2.36. The molecule has 1 rings (SSSR count). The van der Waals surface area contributed by atoms with Crippen molar-refractivity contribution in [3.63, 3.8) is 0 Å². The van der Waals surface area contributed by atoms with Crippen LogP contribution < -0.4 is 5.73 Å². The fourth-order valence-corrected chi connectivity index (χ4v) is 2.98. The summed E-state index contributed by atoms with van der Waals surface area (Å²) in [6, 6.07) is 0. The van der Waals surface area contributed by atoms with Crippen LogP contribution in [0, 0.1) is 0 Å². The molecule has 1 heterocycles. The minimum absolute atomic E-state index is 0.140. The Morgan fingerprint density at radius 2 is 1.33 bits per heavy atom. The molecule has 0 bridgehead atoms. The van der Waals surface area contributed by atoms with Gasteiger partial charge >= 0.3 is 6.18 Å². The zero-order valence-corrected chi connectivity index (χ0v) is 13.8. The minimum atomic E-state index is -4.07. The van der Waals surface area contributed by atoms with E-state index in [1.807, 2.05) is 6.92 Å². The number of rotatable bonds is 5. The van der Waals surface area contributed by atoms with Crippen molar-refractivity contribution >= 4 is 0 Å². The fourth-order valence-electron chi connectivity index (χ4n) is 2.98. The van der Waals surface area contributed by atoms with E-state index in [1.165, 1.54) is 0 Å². The van der Waals surface area contributed by atoms with Gasteiger partial charge in [-0.1, -0.05) is 0 Å². The summed E-state index contributed by atoms with van der Waals surface area (Å²) >= 11 is 0. The molecule has 0 radical (unpaired) electrons.